The molecule has 2 aromatic carbocycles. The van der Waals surface area contributed by atoms with Gasteiger partial charge in [0.2, 0.25) is 0 Å². The molecule has 2 heterocycles. The molecule has 1 aromatic heterocycles. The molecule has 182 valence electrons. The van der Waals surface area contributed by atoms with E-state index in [1.807, 2.05) is 0 Å². The summed E-state index contributed by atoms with van der Waals surface area (Å²) in [4.78, 5) is 36.6. The molecule has 35 heavy (non-hydrogen) atoms. The molecule has 2 amide bonds. The zero-order valence-corrected chi connectivity index (χ0v) is 19.5. The van der Waals surface area contributed by atoms with E-state index in [4.69, 9.17) is 16.7 Å². The van der Waals surface area contributed by atoms with Crippen LogP contribution in [0.5, 0.6) is 0 Å². The van der Waals surface area contributed by atoms with Crippen LogP contribution in [0.4, 0.5) is 18.0 Å². The quantitative estimate of drug-likeness (QED) is 0.402. The van der Waals surface area contributed by atoms with Crippen molar-refractivity contribution >= 4 is 57.5 Å². The molecule has 4 rings (SSSR count). The molecule has 0 spiro atoms. The Bertz CT molecular complexity index is 1370. The molecule has 1 saturated heterocycles. The minimum atomic E-state index is -4.56. The molecule has 1 aliphatic heterocycles. The number of carbonyl (C=O) groups is 3. The van der Waals surface area contributed by atoms with Crippen molar-refractivity contribution in [1.82, 2.24) is 14.7 Å². The van der Waals surface area contributed by atoms with Crippen molar-refractivity contribution in [2.75, 3.05) is 6.54 Å². The largest absolute Gasteiger partial charge is 0.481 e. The van der Waals surface area contributed by atoms with Crippen molar-refractivity contribution in [2.45, 2.75) is 25.6 Å². The third-order valence-electron chi connectivity index (χ3n) is 5.31. The number of hydrogen-bond acceptors (Lipinski definition) is 5. The zero-order valence-electron chi connectivity index (χ0n) is 17.9. The Morgan fingerprint density at radius 3 is 2.66 bits per heavy atom. The van der Waals surface area contributed by atoms with Gasteiger partial charge in [0, 0.05) is 23.4 Å². The minimum Gasteiger partial charge on any atom is -0.481 e. The van der Waals surface area contributed by atoms with Gasteiger partial charge in [-0.15, -0.1) is 0 Å². The third kappa shape index (κ3) is 5.51. The number of halogens is 4. The van der Waals surface area contributed by atoms with E-state index < -0.39 is 28.9 Å². The highest BCUT2D eigenvalue weighted by molar-refractivity contribution is 8.18. The summed E-state index contributed by atoms with van der Waals surface area (Å²) >= 11 is 6.52. The number of imide groups is 1. The van der Waals surface area contributed by atoms with Gasteiger partial charge in [-0.1, -0.05) is 23.7 Å². The van der Waals surface area contributed by atoms with Crippen LogP contribution in [0.15, 0.2) is 47.5 Å². The lowest BCUT2D eigenvalue weighted by Gasteiger charge is -2.14. The number of carboxylic acid groups (broad SMARTS) is 1. The van der Waals surface area contributed by atoms with Crippen LogP contribution < -0.4 is 0 Å². The van der Waals surface area contributed by atoms with Gasteiger partial charge in [-0.2, -0.15) is 18.3 Å². The number of thioether (sulfide) groups is 1. The number of amides is 2. The maximum atomic E-state index is 13.4. The van der Waals surface area contributed by atoms with Crippen LogP contribution in [0, 0.1) is 0 Å². The molecule has 0 atom stereocenters. The summed E-state index contributed by atoms with van der Waals surface area (Å²) in [5, 5.41) is 13.1. The van der Waals surface area contributed by atoms with E-state index in [0.29, 0.717) is 16.5 Å². The molecule has 0 unspecified atom stereocenters. The average molecular weight is 524 g/mol. The Morgan fingerprint density at radius 1 is 1.17 bits per heavy atom. The maximum absolute atomic E-state index is 13.4. The summed E-state index contributed by atoms with van der Waals surface area (Å²) in [7, 11) is 0. The Hall–Kier alpha value is -3.31. The highest BCUT2D eigenvalue weighted by Crippen LogP contribution is 2.35. The number of rotatable bonds is 7. The third-order valence-corrected chi connectivity index (χ3v) is 6.45. The predicted molar refractivity (Wildman–Crippen MR) is 125 cm³/mol. The number of fused-ring (bicyclic) bond motifs is 1. The number of carbonyl (C=O) groups excluding carboxylic acids is 2. The second-order valence-corrected chi connectivity index (χ2v) is 9.18. The second kappa shape index (κ2) is 9.74. The Labute approximate surface area is 206 Å². The molecular formula is C23H17ClF3N3O4S. The standard InChI is InChI=1S/C23H17ClF3N3O4S/c24-16-5-4-14(17(10-16)23(25,26)27)12-30-18-6-3-13(8-15(18)11-28-30)9-19-21(33)29(22(34)35-19)7-1-2-20(31)32/h3-6,8-11H,1-2,7,12H2,(H,31,32)/b19-9-. The first kappa shape index (κ1) is 24.8. The van der Waals surface area contributed by atoms with Gasteiger partial charge in [-0.05, 0) is 59.7 Å². The van der Waals surface area contributed by atoms with Crippen LogP contribution in [-0.2, 0) is 22.3 Å². The van der Waals surface area contributed by atoms with Crippen LogP contribution in [0.3, 0.4) is 0 Å². The molecule has 1 fully saturated rings. The van der Waals surface area contributed by atoms with Crippen molar-refractivity contribution < 1.29 is 32.7 Å². The molecular weight excluding hydrogens is 507 g/mol. The first-order valence-corrected chi connectivity index (χ1v) is 11.5. The lowest BCUT2D eigenvalue weighted by molar-refractivity contribution is -0.138. The Kier molecular flexibility index (Phi) is 6.91. The first-order chi connectivity index (χ1) is 16.5. The summed E-state index contributed by atoms with van der Waals surface area (Å²) in [6.45, 7) is -0.102. The molecule has 7 nitrogen and oxygen atoms in total. The van der Waals surface area contributed by atoms with E-state index in [1.165, 1.54) is 23.0 Å². The fourth-order valence-corrected chi connectivity index (χ4v) is 4.70. The monoisotopic (exact) mass is 523 g/mol. The smallest absolute Gasteiger partial charge is 0.416 e. The van der Waals surface area contributed by atoms with Crippen LogP contribution in [0.1, 0.15) is 29.5 Å². The fraction of sp³-hybridized carbons (Fsp3) is 0.217. The molecule has 12 heteroatoms. The molecule has 1 N–H and O–H groups in total. The van der Waals surface area contributed by atoms with Gasteiger partial charge in [0.05, 0.1) is 28.7 Å². The molecule has 1 aliphatic rings. The topological polar surface area (TPSA) is 92.5 Å². The van der Waals surface area contributed by atoms with Crippen molar-refractivity contribution in [3.05, 3.63) is 69.2 Å². The van der Waals surface area contributed by atoms with Crippen LogP contribution >= 0.6 is 23.4 Å². The lowest BCUT2D eigenvalue weighted by Crippen LogP contribution is -2.29. The van der Waals surface area contributed by atoms with Gasteiger partial charge >= 0.3 is 12.1 Å². The van der Waals surface area contributed by atoms with Crippen molar-refractivity contribution in [3.63, 3.8) is 0 Å². The number of alkyl halides is 3. The number of nitrogens with zero attached hydrogens (tertiary/aromatic N) is 3. The summed E-state index contributed by atoms with van der Waals surface area (Å²) in [6.07, 6.45) is -1.50. The van der Waals surface area contributed by atoms with Crippen LogP contribution in [0.2, 0.25) is 5.02 Å². The van der Waals surface area contributed by atoms with E-state index in [1.54, 1.807) is 24.3 Å². The highest BCUT2D eigenvalue weighted by Gasteiger charge is 2.35. The van der Waals surface area contributed by atoms with E-state index >= 15 is 0 Å². The van der Waals surface area contributed by atoms with Gasteiger partial charge in [0.1, 0.15) is 0 Å². The highest BCUT2D eigenvalue weighted by atomic mass is 35.5. The van der Waals surface area contributed by atoms with Crippen LogP contribution in [0.25, 0.3) is 17.0 Å². The van der Waals surface area contributed by atoms with E-state index in [9.17, 15) is 27.6 Å². The van der Waals surface area contributed by atoms with E-state index in [2.05, 4.69) is 5.10 Å². The molecule has 0 radical (unpaired) electrons. The number of carboxylic acids is 1. The predicted octanol–water partition coefficient (Wildman–Crippen LogP) is 5.66. The zero-order chi connectivity index (χ0) is 25.3. The summed E-state index contributed by atoms with van der Waals surface area (Å²) in [5.41, 5.74) is 0.388. The maximum Gasteiger partial charge on any atom is 0.416 e. The van der Waals surface area contributed by atoms with Crippen molar-refractivity contribution in [1.29, 1.82) is 0 Å². The van der Waals surface area contributed by atoms with Gasteiger partial charge in [0.25, 0.3) is 11.1 Å². The molecule has 3 aromatic rings. The lowest BCUT2D eigenvalue weighted by atomic mass is 10.1. The Balaban J connectivity index is 1.55. The van der Waals surface area contributed by atoms with Crippen molar-refractivity contribution in [3.8, 4) is 0 Å². The molecule has 0 bridgehead atoms. The number of hydrogen-bond donors (Lipinski definition) is 1. The van der Waals surface area contributed by atoms with E-state index in [0.717, 1.165) is 22.7 Å². The Morgan fingerprint density at radius 2 is 1.94 bits per heavy atom. The van der Waals surface area contributed by atoms with Gasteiger partial charge in [-0.25, -0.2) is 0 Å². The number of benzene rings is 2. The van der Waals surface area contributed by atoms with Gasteiger partial charge in [0.15, 0.2) is 0 Å². The second-order valence-electron chi connectivity index (χ2n) is 7.75. The average Bonchev–Trinajstić information content (AvgIpc) is 3.29. The SMILES string of the molecule is O=C(O)CCCN1C(=O)S/C(=C\c2ccc3c(cnn3Cc3ccc(Cl)cc3C(F)(F)F)c2)C1=O. The van der Waals surface area contributed by atoms with Crippen LogP contribution in [-0.4, -0.2) is 43.4 Å². The van der Waals surface area contributed by atoms with E-state index in [-0.39, 0.29) is 41.4 Å². The van der Waals surface area contributed by atoms with Crippen molar-refractivity contribution in [2.24, 2.45) is 0 Å². The first-order valence-electron chi connectivity index (χ1n) is 10.3. The number of aromatic nitrogens is 2. The fourth-order valence-electron chi connectivity index (χ4n) is 3.67. The summed E-state index contributed by atoms with van der Waals surface area (Å²) in [6, 6.07) is 8.66. The van der Waals surface area contributed by atoms with Gasteiger partial charge in [-0.3, -0.25) is 24.0 Å². The minimum absolute atomic E-state index is 0.0117. The number of aliphatic carboxylic acids is 1. The molecule has 0 aliphatic carbocycles. The summed E-state index contributed by atoms with van der Waals surface area (Å²) in [5.74, 6) is -1.50. The normalized spacial score (nSPS) is 15.5. The van der Waals surface area contributed by atoms with Gasteiger partial charge < -0.3 is 5.11 Å². The molecule has 0 saturated carbocycles. The summed E-state index contributed by atoms with van der Waals surface area (Å²) < 4.78 is 41.7.